The van der Waals surface area contributed by atoms with Crippen molar-refractivity contribution >= 4 is 46.1 Å². The van der Waals surface area contributed by atoms with Gasteiger partial charge in [-0.15, -0.1) is 0 Å². The molecule has 0 aliphatic carbocycles. The Labute approximate surface area is 208 Å². The Morgan fingerprint density at radius 2 is 1.51 bits per heavy atom. The van der Waals surface area contributed by atoms with Gasteiger partial charge in [0.05, 0.1) is 34.1 Å². The highest BCUT2D eigenvalue weighted by Crippen LogP contribution is 2.32. The molecule has 0 spiro atoms. The van der Waals surface area contributed by atoms with Gasteiger partial charge in [-0.2, -0.15) is 0 Å². The lowest BCUT2D eigenvalue weighted by atomic mass is 10.0. The summed E-state index contributed by atoms with van der Waals surface area (Å²) in [6, 6.07) is 23.4. The molecule has 5 rings (SSSR count). The number of rotatable bonds is 5. The summed E-state index contributed by atoms with van der Waals surface area (Å²) in [6.45, 7) is 1.11. The van der Waals surface area contributed by atoms with Crippen molar-refractivity contribution in [2.24, 2.45) is 0 Å². The number of hydrogen-bond donors (Lipinski definition) is 1. The molecular formula is C27H24ClN5O2. The molecule has 0 fully saturated rings. The highest BCUT2D eigenvalue weighted by atomic mass is 35.5. The normalized spacial score (nSPS) is 13.9. The third kappa shape index (κ3) is 4.68. The maximum atomic E-state index is 13.6. The summed E-state index contributed by atoms with van der Waals surface area (Å²) in [7, 11) is 1.95. The minimum atomic E-state index is -0.538. The minimum Gasteiger partial charge on any atom is -0.355 e. The Morgan fingerprint density at radius 3 is 2.23 bits per heavy atom. The summed E-state index contributed by atoms with van der Waals surface area (Å²) in [6.07, 6.45) is 0.0673. The van der Waals surface area contributed by atoms with Gasteiger partial charge in [0.15, 0.2) is 11.6 Å². The zero-order valence-corrected chi connectivity index (χ0v) is 19.9. The highest BCUT2D eigenvalue weighted by molar-refractivity contribution is 6.33. The molecule has 35 heavy (non-hydrogen) atoms. The number of halogens is 1. The van der Waals surface area contributed by atoms with Crippen LogP contribution in [0.25, 0.3) is 11.0 Å². The monoisotopic (exact) mass is 485 g/mol. The van der Waals surface area contributed by atoms with E-state index in [-0.39, 0.29) is 18.2 Å². The molecule has 0 bridgehead atoms. The zero-order chi connectivity index (χ0) is 24.4. The SMILES string of the molecule is CN1CCN(C(=O)CC(NC(=O)c2ccccc2Cl)c2ccccc2)c2nc3ccccc3nc21. The lowest BCUT2D eigenvalue weighted by Crippen LogP contribution is -2.45. The maximum absolute atomic E-state index is 13.6. The molecule has 1 unspecified atom stereocenters. The van der Waals surface area contributed by atoms with Crippen molar-refractivity contribution in [3.8, 4) is 0 Å². The molecule has 2 amide bonds. The van der Waals surface area contributed by atoms with Crippen LogP contribution in [0.4, 0.5) is 11.6 Å². The van der Waals surface area contributed by atoms with Crippen LogP contribution in [0.5, 0.6) is 0 Å². The van der Waals surface area contributed by atoms with E-state index >= 15 is 0 Å². The van der Waals surface area contributed by atoms with Crippen molar-refractivity contribution in [3.05, 3.63) is 95.0 Å². The van der Waals surface area contributed by atoms with E-state index in [1.807, 2.05) is 66.5 Å². The van der Waals surface area contributed by atoms with E-state index in [0.717, 1.165) is 16.6 Å². The van der Waals surface area contributed by atoms with Crippen molar-refractivity contribution in [3.63, 3.8) is 0 Å². The quantitative estimate of drug-likeness (QED) is 0.446. The molecule has 8 heteroatoms. The van der Waals surface area contributed by atoms with E-state index in [1.165, 1.54) is 0 Å². The van der Waals surface area contributed by atoms with Gasteiger partial charge < -0.3 is 10.2 Å². The minimum absolute atomic E-state index is 0.0673. The van der Waals surface area contributed by atoms with E-state index in [4.69, 9.17) is 21.6 Å². The van der Waals surface area contributed by atoms with Crippen LogP contribution in [0.3, 0.4) is 0 Å². The predicted molar refractivity (Wildman–Crippen MR) is 138 cm³/mol. The van der Waals surface area contributed by atoms with Gasteiger partial charge in [0.1, 0.15) is 0 Å². The van der Waals surface area contributed by atoms with Crippen LogP contribution in [0.2, 0.25) is 5.02 Å². The van der Waals surface area contributed by atoms with E-state index in [2.05, 4.69) is 5.32 Å². The van der Waals surface area contributed by atoms with Crippen LogP contribution >= 0.6 is 11.6 Å². The van der Waals surface area contributed by atoms with Gasteiger partial charge in [-0.25, -0.2) is 9.97 Å². The van der Waals surface area contributed by atoms with E-state index in [9.17, 15) is 9.59 Å². The smallest absolute Gasteiger partial charge is 0.253 e. The fraction of sp³-hybridized carbons (Fsp3) is 0.185. The number of aromatic nitrogens is 2. The Hall–Kier alpha value is -3.97. The number of carbonyl (C=O) groups is 2. The molecule has 1 aromatic heterocycles. The summed E-state index contributed by atoms with van der Waals surface area (Å²) in [5.41, 5.74) is 2.71. The maximum Gasteiger partial charge on any atom is 0.253 e. The fourth-order valence-corrected chi connectivity index (χ4v) is 4.45. The van der Waals surface area contributed by atoms with Crippen LogP contribution in [0.15, 0.2) is 78.9 Å². The Kier molecular flexibility index (Phi) is 6.33. The topological polar surface area (TPSA) is 78.4 Å². The van der Waals surface area contributed by atoms with Gasteiger partial charge in [0.2, 0.25) is 5.91 Å². The second-order valence-corrected chi connectivity index (χ2v) is 8.85. The summed E-state index contributed by atoms with van der Waals surface area (Å²) in [5, 5.41) is 3.36. The summed E-state index contributed by atoms with van der Waals surface area (Å²) < 4.78 is 0. The molecular weight excluding hydrogens is 462 g/mol. The number of nitrogens with one attached hydrogen (secondary N) is 1. The first-order valence-electron chi connectivity index (χ1n) is 11.4. The van der Waals surface area contributed by atoms with Gasteiger partial charge in [0, 0.05) is 20.1 Å². The van der Waals surface area contributed by atoms with Gasteiger partial charge in [-0.3, -0.25) is 14.5 Å². The number of nitrogens with zero attached hydrogens (tertiary/aromatic N) is 4. The number of carbonyl (C=O) groups excluding carboxylic acids is 2. The summed E-state index contributed by atoms with van der Waals surface area (Å²) in [4.78, 5) is 39.9. The molecule has 2 heterocycles. The number of hydrogen-bond acceptors (Lipinski definition) is 5. The summed E-state index contributed by atoms with van der Waals surface area (Å²) >= 11 is 6.24. The second kappa shape index (κ2) is 9.72. The van der Waals surface area contributed by atoms with Crippen LogP contribution in [0.1, 0.15) is 28.4 Å². The third-order valence-corrected chi connectivity index (χ3v) is 6.45. The lowest BCUT2D eigenvalue weighted by molar-refractivity contribution is -0.119. The van der Waals surface area contributed by atoms with Crippen molar-refractivity contribution in [1.82, 2.24) is 15.3 Å². The van der Waals surface area contributed by atoms with Gasteiger partial charge in [0.25, 0.3) is 5.91 Å². The van der Waals surface area contributed by atoms with Crippen LogP contribution in [0, 0.1) is 0 Å². The molecule has 7 nitrogen and oxygen atoms in total. The molecule has 4 aromatic rings. The number of amides is 2. The van der Waals surface area contributed by atoms with Gasteiger partial charge >= 0.3 is 0 Å². The first-order valence-corrected chi connectivity index (χ1v) is 11.8. The van der Waals surface area contributed by atoms with Crippen molar-refractivity contribution in [2.75, 3.05) is 29.9 Å². The molecule has 1 atom stereocenters. The highest BCUT2D eigenvalue weighted by Gasteiger charge is 2.31. The first kappa shape index (κ1) is 22.8. The second-order valence-electron chi connectivity index (χ2n) is 8.45. The van der Waals surface area contributed by atoms with Crippen LogP contribution in [-0.2, 0) is 4.79 Å². The lowest BCUT2D eigenvalue weighted by Gasteiger charge is -2.34. The fourth-order valence-electron chi connectivity index (χ4n) is 4.23. The van der Waals surface area contributed by atoms with Crippen molar-refractivity contribution in [1.29, 1.82) is 0 Å². The van der Waals surface area contributed by atoms with Crippen LogP contribution in [-0.4, -0.2) is 41.9 Å². The molecule has 176 valence electrons. The van der Waals surface area contributed by atoms with E-state index < -0.39 is 6.04 Å². The molecule has 0 saturated carbocycles. The van der Waals surface area contributed by atoms with Gasteiger partial charge in [-0.05, 0) is 29.8 Å². The number of anilines is 2. The number of benzene rings is 3. The van der Waals surface area contributed by atoms with Gasteiger partial charge in [-0.1, -0.05) is 66.2 Å². The number of fused-ring (bicyclic) bond motifs is 2. The molecule has 0 saturated heterocycles. The molecule has 3 aromatic carbocycles. The average molecular weight is 486 g/mol. The molecule has 0 radical (unpaired) electrons. The standard InChI is InChI=1S/C27H24ClN5O2/c1-32-15-16-33(26-25(32)29-21-13-7-8-14-22(21)30-26)24(34)17-23(18-9-3-2-4-10-18)31-27(35)19-11-5-6-12-20(19)28/h2-14,23H,15-17H2,1H3,(H,31,35). The van der Waals surface area contributed by atoms with E-state index in [0.29, 0.717) is 35.3 Å². The van der Waals surface area contributed by atoms with Crippen molar-refractivity contribution in [2.45, 2.75) is 12.5 Å². The van der Waals surface area contributed by atoms with Crippen LogP contribution < -0.4 is 15.1 Å². The Balaban J connectivity index is 1.45. The predicted octanol–water partition coefficient (Wildman–Crippen LogP) is 4.63. The van der Waals surface area contributed by atoms with E-state index in [1.54, 1.807) is 29.2 Å². The number of likely N-dealkylation sites (N-methyl/N-ethyl adjacent to an activating group) is 1. The van der Waals surface area contributed by atoms with Crippen molar-refractivity contribution < 1.29 is 9.59 Å². The number of para-hydroxylation sites is 2. The molecule has 1 N–H and O–H groups in total. The average Bonchev–Trinajstić information content (AvgIpc) is 2.88. The Bertz CT molecular complexity index is 1390. The third-order valence-electron chi connectivity index (χ3n) is 6.12. The largest absolute Gasteiger partial charge is 0.355 e. The summed E-state index contributed by atoms with van der Waals surface area (Å²) in [5.74, 6) is 0.727. The molecule has 1 aliphatic rings. The molecule has 1 aliphatic heterocycles. The first-order chi connectivity index (χ1) is 17.0. The Morgan fingerprint density at radius 1 is 0.886 bits per heavy atom. The zero-order valence-electron chi connectivity index (χ0n) is 19.2.